The summed E-state index contributed by atoms with van der Waals surface area (Å²) in [5.41, 5.74) is 2.93. The number of hydrogen-bond acceptors (Lipinski definition) is 16. The third kappa shape index (κ3) is 23.3. The maximum atomic E-state index is 12.4. The van der Waals surface area contributed by atoms with Gasteiger partial charge < -0.3 is 38.8 Å². The molecule has 0 aliphatic rings. The Morgan fingerprint density at radius 3 is 1.74 bits per heavy atom. The highest BCUT2D eigenvalue weighted by Crippen LogP contribution is 2.32. The van der Waals surface area contributed by atoms with E-state index < -0.39 is 45.6 Å². The van der Waals surface area contributed by atoms with E-state index in [0.717, 1.165) is 68.9 Å². The predicted molar refractivity (Wildman–Crippen MR) is 262 cm³/mol. The maximum absolute atomic E-state index is 12.4. The molecule has 0 amide bonds. The summed E-state index contributed by atoms with van der Waals surface area (Å²) in [5.74, 6) is -4.97. The maximum Gasteiger partial charge on any atom is 0.307 e. The Bertz CT molecular complexity index is 2210. The number of carbonyl (C=O) groups is 4. The number of aryl methyl sites for hydroxylation is 1. The number of benzene rings is 2. The third-order valence-electron chi connectivity index (χ3n) is 10.6. The van der Waals surface area contributed by atoms with Crippen molar-refractivity contribution in [2.24, 2.45) is 22.1 Å². The minimum absolute atomic E-state index is 0.00749. The van der Waals surface area contributed by atoms with E-state index >= 15 is 0 Å². The number of nitrogens with zero attached hydrogens (tertiary/aromatic N) is 4. The number of rotatable bonds is 37. The number of fused-ring (bicyclic) bond motifs is 1. The summed E-state index contributed by atoms with van der Waals surface area (Å²) in [4.78, 5) is 54.8. The fourth-order valence-corrected chi connectivity index (χ4v) is 8.18. The first-order valence-corrected chi connectivity index (χ1v) is 26.1. The van der Waals surface area contributed by atoms with Gasteiger partial charge in [-0.1, -0.05) is 75.2 Å². The van der Waals surface area contributed by atoms with Crippen molar-refractivity contribution in [2.75, 3.05) is 77.1 Å². The fourth-order valence-electron chi connectivity index (χ4n) is 6.63. The molecule has 0 bridgehead atoms. The smallest absolute Gasteiger partial charge is 0.307 e. The number of ether oxygens (including phenoxy) is 5. The molecule has 0 saturated heterocycles. The Kier molecular flexibility index (Phi) is 27.5. The second kappa shape index (κ2) is 32.6. The largest absolute Gasteiger partial charge is 0.481 e. The van der Waals surface area contributed by atoms with Crippen LogP contribution in [0.5, 0.6) is 0 Å². The first-order valence-electron chi connectivity index (χ1n) is 23.4. The Morgan fingerprint density at radius 2 is 1.24 bits per heavy atom. The lowest BCUT2D eigenvalue weighted by atomic mass is 10.0. The first kappa shape index (κ1) is 57.2. The Balaban J connectivity index is 1.50. The molecule has 2 atom stereocenters. The summed E-state index contributed by atoms with van der Waals surface area (Å²) in [6, 6.07) is 10.4. The molecule has 17 nitrogen and oxygen atoms in total. The molecule has 3 aromatic rings. The van der Waals surface area contributed by atoms with Crippen molar-refractivity contribution in [3.05, 3.63) is 66.3 Å². The summed E-state index contributed by atoms with van der Waals surface area (Å²) >= 11 is 1.24. The topological polar surface area (TPSA) is 230 Å². The van der Waals surface area contributed by atoms with Crippen LogP contribution in [0.4, 0.5) is 16.5 Å². The van der Waals surface area contributed by atoms with Gasteiger partial charge in [0.05, 0.1) is 85.1 Å². The molecular formula is C49H70N4O13S2. The monoisotopic (exact) mass is 986 g/mol. The van der Waals surface area contributed by atoms with Crippen LogP contribution < -0.4 is 4.90 Å². The zero-order valence-electron chi connectivity index (χ0n) is 40.0. The molecule has 0 saturated carbocycles. The molecule has 2 N–H and O–H groups in total. The van der Waals surface area contributed by atoms with Gasteiger partial charge >= 0.3 is 23.9 Å². The normalized spacial score (nSPS) is 12.9. The van der Waals surface area contributed by atoms with Gasteiger partial charge in [-0.2, -0.15) is 0 Å². The van der Waals surface area contributed by atoms with Crippen LogP contribution in [0, 0.1) is 18.8 Å². The standard InChI is InChI=1S/C49H70N4O13S2/c1-5-7-9-11-13-15-17-38(47(56)57)34-45(54)65-31-29-63-26-24-53(23-25-62-27-28-64-30-32-66-46(55)35-39(48(58)59)18-16-14-12-10-8-6-2)40-19-21-42(37(3)33-40)51-52-49-50-43-22-20-41(68(4,60)61)36-44(43)67-49/h13-16,19-22,33,36,38-39H,5-12,17-18,23-32,34-35H2,1-4H3,(H,56,57)(H,58,59)/b15-13+,16-14+,52-51+. The molecular weight excluding hydrogens is 917 g/mol. The van der Waals surface area contributed by atoms with Crippen LogP contribution in [0.3, 0.4) is 0 Å². The molecule has 0 spiro atoms. The molecule has 1 aromatic heterocycles. The van der Waals surface area contributed by atoms with Crippen LogP contribution >= 0.6 is 11.3 Å². The average molecular weight is 987 g/mol. The van der Waals surface area contributed by atoms with E-state index in [1.165, 1.54) is 17.4 Å². The minimum Gasteiger partial charge on any atom is -0.481 e. The van der Waals surface area contributed by atoms with Crippen molar-refractivity contribution in [1.82, 2.24) is 4.98 Å². The second-order valence-corrected chi connectivity index (χ2v) is 19.2. The summed E-state index contributed by atoms with van der Waals surface area (Å²) in [5, 5.41) is 28.2. The van der Waals surface area contributed by atoms with Gasteiger partial charge in [0.15, 0.2) is 9.84 Å². The zero-order valence-corrected chi connectivity index (χ0v) is 41.6. The summed E-state index contributed by atoms with van der Waals surface area (Å²) < 4.78 is 52.4. The van der Waals surface area contributed by atoms with Crippen molar-refractivity contribution in [2.45, 2.75) is 103 Å². The molecule has 0 fully saturated rings. The van der Waals surface area contributed by atoms with Gasteiger partial charge in [-0.15, -0.1) is 10.2 Å². The summed E-state index contributed by atoms with van der Waals surface area (Å²) in [6.07, 6.45) is 17.1. The molecule has 2 unspecified atom stereocenters. The van der Waals surface area contributed by atoms with Gasteiger partial charge in [-0.25, -0.2) is 13.4 Å². The van der Waals surface area contributed by atoms with E-state index in [2.05, 4.69) is 34.0 Å². The van der Waals surface area contributed by atoms with Crippen molar-refractivity contribution in [1.29, 1.82) is 0 Å². The van der Waals surface area contributed by atoms with Gasteiger partial charge in [0, 0.05) is 25.0 Å². The van der Waals surface area contributed by atoms with E-state index in [9.17, 15) is 37.8 Å². The Labute approximate surface area is 404 Å². The van der Waals surface area contributed by atoms with Crippen LogP contribution in [0.1, 0.15) is 96.5 Å². The molecule has 19 heteroatoms. The van der Waals surface area contributed by atoms with E-state index in [1.54, 1.807) is 12.1 Å². The molecule has 0 aliphatic carbocycles. The quantitative estimate of drug-likeness (QED) is 0.0237. The summed E-state index contributed by atoms with van der Waals surface area (Å²) in [7, 11) is -3.37. The Hall–Kier alpha value is -5.08. The lowest BCUT2D eigenvalue weighted by Crippen LogP contribution is -2.31. The molecule has 1 heterocycles. The first-order chi connectivity index (χ1) is 32.7. The molecule has 2 aromatic carbocycles. The number of hydrogen-bond donors (Lipinski definition) is 2. The van der Waals surface area contributed by atoms with Crippen LogP contribution in [0.2, 0.25) is 0 Å². The van der Waals surface area contributed by atoms with Crippen LogP contribution in [0.25, 0.3) is 10.2 Å². The highest BCUT2D eigenvalue weighted by molar-refractivity contribution is 7.90. The number of thiazole rings is 1. The van der Waals surface area contributed by atoms with Crippen molar-refractivity contribution in [3.8, 4) is 0 Å². The number of carboxylic acid groups (broad SMARTS) is 2. The zero-order chi connectivity index (χ0) is 49.6. The molecule has 3 rings (SSSR count). The predicted octanol–water partition coefficient (Wildman–Crippen LogP) is 9.60. The number of esters is 2. The van der Waals surface area contributed by atoms with Gasteiger partial charge in [0.2, 0.25) is 5.13 Å². The van der Waals surface area contributed by atoms with Crippen LogP contribution in [0.15, 0.2) is 75.8 Å². The number of anilines is 1. The van der Waals surface area contributed by atoms with E-state index in [1.807, 2.05) is 49.4 Å². The molecule has 0 radical (unpaired) electrons. The lowest BCUT2D eigenvalue weighted by molar-refractivity contribution is -0.152. The highest BCUT2D eigenvalue weighted by atomic mass is 32.2. The van der Waals surface area contributed by atoms with Gasteiger partial charge in [0.1, 0.15) is 13.2 Å². The number of azo groups is 1. The van der Waals surface area contributed by atoms with Crippen LogP contribution in [-0.2, 0) is 52.7 Å². The summed E-state index contributed by atoms with van der Waals surface area (Å²) in [6.45, 7) is 8.41. The van der Waals surface area contributed by atoms with Crippen molar-refractivity contribution >= 4 is 71.8 Å². The van der Waals surface area contributed by atoms with Gasteiger partial charge in [-0.05, 0) is 87.4 Å². The van der Waals surface area contributed by atoms with E-state index in [0.29, 0.717) is 40.7 Å². The Morgan fingerprint density at radius 1 is 0.706 bits per heavy atom. The number of unbranched alkanes of at least 4 members (excludes halogenated alkanes) is 6. The number of allylic oxidation sites excluding steroid dienone is 4. The third-order valence-corrected chi connectivity index (χ3v) is 12.6. The fraction of sp³-hybridized carbons (Fsp3) is 0.571. The van der Waals surface area contributed by atoms with Gasteiger partial charge in [-0.3, -0.25) is 19.2 Å². The lowest BCUT2D eigenvalue weighted by Gasteiger charge is -2.25. The number of sulfone groups is 1. The van der Waals surface area contributed by atoms with E-state index in [-0.39, 0.29) is 76.8 Å². The molecule has 376 valence electrons. The average Bonchev–Trinajstić information content (AvgIpc) is 3.72. The van der Waals surface area contributed by atoms with Crippen molar-refractivity contribution < 1.29 is 61.5 Å². The number of carboxylic acids is 2. The van der Waals surface area contributed by atoms with Crippen LogP contribution in [-0.4, -0.2) is 120 Å². The second-order valence-electron chi connectivity index (χ2n) is 16.2. The highest BCUT2D eigenvalue weighted by Gasteiger charge is 2.22. The minimum atomic E-state index is -3.37. The number of aliphatic carboxylic acids is 2. The van der Waals surface area contributed by atoms with Crippen molar-refractivity contribution in [3.63, 3.8) is 0 Å². The van der Waals surface area contributed by atoms with E-state index in [4.69, 9.17) is 23.7 Å². The molecule has 68 heavy (non-hydrogen) atoms. The van der Waals surface area contributed by atoms with Gasteiger partial charge in [0.25, 0.3) is 0 Å². The molecule has 0 aliphatic heterocycles. The number of carbonyl (C=O) groups excluding carboxylic acids is 2. The SMILES string of the molecule is CCCCC/C=C/CC(CC(=O)OCCOCCOCCN(CCOCCOC(=O)CC(C/C=C/CCCCC)C(=O)O)c1ccc(/N=N/c2nc3ccc(S(C)(=O)=O)cc3s2)c(C)c1)C(=O)O. The number of aromatic nitrogens is 1.